The molecule has 1 aromatic rings. The number of anilines is 1. The number of benzene rings is 1. The van der Waals surface area contributed by atoms with Crippen LogP contribution in [-0.2, 0) is 14.9 Å². The molecule has 0 aliphatic heterocycles. The van der Waals surface area contributed by atoms with E-state index in [-0.39, 0.29) is 10.6 Å². The van der Waals surface area contributed by atoms with E-state index in [4.69, 9.17) is 4.55 Å². The first kappa shape index (κ1) is 10.7. The maximum atomic E-state index is 10.9. The van der Waals surface area contributed by atoms with Crippen molar-refractivity contribution in [2.45, 2.75) is 4.90 Å². The van der Waals surface area contributed by atoms with Gasteiger partial charge < -0.3 is 4.90 Å². The molecule has 14 heavy (non-hydrogen) atoms. The Hall–Kier alpha value is -1.40. The fraction of sp³-hybridized carbons (Fsp3) is 0.125. The van der Waals surface area contributed by atoms with Crippen molar-refractivity contribution in [3.8, 4) is 0 Å². The molecule has 1 radical (unpaired) electrons. The number of para-hydroxylation sites is 1. The van der Waals surface area contributed by atoms with Gasteiger partial charge in [0, 0.05) is 7.05 Å². The molecule has 5 nitrogen and oxygen atoms in total. The summed E-state index contributed by atoms with van der Waals surface area (Å²) in [4.78, 5) is 10.9. The monoisotopic (exact) mass is 214 g/mol. The Morgan fingerprint density at radius 1 is 1.36 bits per heavy atom. The van der Waals surface area contributed by atoms with Gasteiger partial charge in [0.2, 0.25) is 0 Å². The molecule has 0 atom stereocenters. The van der Waals surface area contributed by atoms with Crippen LogP contribution in [-0.4, -0.2) is 26.4 Å². The Morgan fingerprint density at radius 2 is 1.93 bits per heavy atom. The molecule has 0 saturated carbocycles. The van der Waals surface area contributed by atoms with Gasteiger partial charge in [0.05, 0.1) is 5.69 Å². The fourth-order valence-electron chi connectivity index (χ4n) is 1.00. The molecule has 1 N–H and O–H groups in total. The second kappa shape index (κ2) is 3.77. The predicted molar refractivity (Wildman–Crippen MR) is 50.4 cm³/mol. The van der Waals surface area contributed by atoms with Crippen LogP contribution in [0.1, 0.15) is 0 Å². The standard InChI is InChI=1S/C8H8NO4S/c1-9(6-10)7-4-2-3-5-8(7)14(11,12)13/h2-5H,1H3,(H,11,12,13). The van der Waals surface area contributed by atoms with E-state index in [0.29, 0.717) is 0 Å². The molecule has 75 valence electrons. The van der Waals surface area contributed by atoms with Gasteiger partial charge in [-0.2, -0.15) is 8.42 Å². The molecule has 0 saturated heterocycles. The lowest BCUT2D eigenvalue weighted by Gasteiger charge is -2.12. The average molecular weight is 214 g/mol. The largest absolute Gasteiger partial charge is 0.316 e. The molecule has 6 heteroatoms. The number of amides is 1. The van der Waals surface area contributed by atoms with Crippen molar-refractivity contribution in [3.63, 3.8) is 0 Å². The van der Waals surface area contributed by atoms with Crippen LogP contribution in [0.15, 0.2) is 29.2 Å². The molecule has 1 aromatic carbocycles. The van der Waals surface area contributed by atoms with E-state index in [1.807, 2.05) is 0 Å². The van der Waals surface area contributed by atoms with Gasteiger partial charge in [-0.3, -0.25) is 9.35 Å². The van der Waals surface area contributed by atoms with E-state index in [9.17, 15) is 13.2 Å². The van der Waals surface area contributed by atoms with Crippen LogP contribution >= 0.6 is 0 Å². The van der Waals surface area contributed by atoms with Crippen molar-refractivity contribution in [1.82, 2.24) is 0 Å². The van der Waals surface area contributed by atoms with Crippen molar-refractivity contribution >= 4 is 22.2 Å². The number of nitrogens with zero attached hydrogens (tertiary/aromatic N) is 1. The highest BCUT2D eigenvalue weighted by Gasteiger charge is 2.16. The van der Waals surface area contributed by atoms with Gasteiger partial charge in [-0.05, 0) is 12.1 Å². The minimum Gasteiger partial charge on any atom is -0.306 e. The van der Waals surface area contributed by atoms with Crippen LogP contribution in [0.4, 0.5) is 5.69 Å². The van der Waals surface area contributed by atoms with E-state index in [2.05, 4.69) is 0 Å². The first-order chi connectivity index (χ1) is 6.46. The van der Waals surface area contributed by atoms with E-state index >= 15 is 0 Å². The molecule has 0 spiro atoms. The Labute approximate surface area is 81.7 Å². The van der Waals surface area contributed by atoms with Gasteiger partial charge in [0.1, 0.15) is 4.90 Å². The van der Waals surface area contributed by atoms with Crippen molar-refractivity contribution in [3.05, 3.63) is 24.3 Å². The zero-order valence-corrected chi connectivity index (χ0v) is 8.15. The topological polar surface area (TPSA) is 74.7 Å². The summed E-state index contributed by atoms with van der Waals surface area (Å²) in [7, 11) is -2.96. The SMILES string of the molecule is CN([C]=O)c1ccccc1S(=O)(=O)O. The summed E-state index contributed by atoms with van der Waals surface area (Å²) in [6, 6.07) is 5.61. The lowest BCUT2D eigenvalue weighted by molar-refractivity contribution is 0.483. The Kier molecular flexibility index (Phi) is 2.87. The van der Waals surface area contributed by atoms with E-state index in [1.54, 1.807) is 6.07 Å². The van der Waals surface area contributed by atoms with Crippen LogP contribution < -0.4 is 4.90 Å². The molecule has 0 aliphatic carbocycles. The van der Waals surface area contributed by atoms with E-state index < -0.39 is 10.1 Å². The normalized spacial score (nSPS) is 11.0. The molecule has 0 unspecified atom stereocenters. The predicted octanol–water partition coefficient (Wildman–Crippen LogP) is 0.437. The van der Waals surface area contributed by atoms with Crippen molar-refractivity contribution < 1.29 is 17.8 Å². The zero-order valence-electron chi connectivity index (χ0n) is 7.34. The van der Waals surface area contributed by atoms with Crippen LogP contribution in [0, 0.1) is 0 Å². The molecule has 0 heterocycles. The minimum absolute atomic E-state index is 0.0880. The molecule has 1 rings (SSSR count). The summed E-state index contributed by atoms with van der Waals surface area (Å²) in [5, 5.41) is 0. The van der Waals surface area contributed by atoms with Gasteiger partial charge in [-0.25, -0.2) is 0 Å². The summed E-state index contributed by atoms with van der Waals surface area (Å²) in [6.45, 7) is 0. The summed E-state index contributed by atoms with van der Waals surface area (Å²) >= 11 is 0. The maximum absolute atomic E-state index is 10.9. The third-order valence-electron chi connectivity index (χ3n) is 1.64. The summed E-state index contributed by atoms with van der Waals surface area (Å²) in [5.74, 6) is 0. The average Bonchev–Trinajstić information content (AvgIpc) is 2.15. The van der Waals surface area contributed by atoms with Crippen LogP contribution in [0.25, 0.3) is 0 Å². The van der Waals surface area contributed by atoms with Gasteiger partial charge in [0.25, 0.3) is 10.1 Å². The Bertz CT molecular complexity index is 440. The molecule has 0 bridgehead atoms. The number of rotatable bonds is 3. The molecule has 0 fully saturated rings. The summed E-state index contributed by atoms with van der Waals surface area (Å²) < 4.78 is 30.6. The quantitative estimate of drug-likeness (QED) is 0.585. The van der Waals surface area contributed by atoms with Crippen molar-refractivity contribution in [2.75, 3.05) is 11.9 Å². The molecule has 1 amide bonds. The molecular formula is C8H8NO4S. The summed E-state index contributed by atoms with van der Waals surface area (Å²) in [5.41, 5.74) is 0.0880. The smallest absolute Gasteiger partial charge is 0.306 e. The van der Waals surface area contributed by atoms with Crippen LogP contribution in [0.5, 0.6) is 0 Å². The Balaban J connectivity index is 3.37. The lowest BCUT2D eigenvalue weighted by atomic mass is 10.3. The Morgan fingerprint density at radius 3 is 2.43 bits per heavy atom. The van der Waals surface area contributed by atoms with Crippen molar-refractivity contribution in [2.24, 2.45) is 0 Å². The maximum Gasteiger partial charge on any atom is 0.316 e. The molecule has 0 aromatic heterocycles. The van der Waals surface area contributed by atoms with Gasteiger partial charge in [-0.1, -0.05) is 12.1 Å². The van der Waals surface area contributed by atoms with Crippen molar-refractivity contribution in [1.29, 1.82) is 0 Å². The highest BCUT2D eigenvalue weighted by molar-refractivity contribution is 7.86. The van der Waals surface area contributed by atoms with E-state index in [0.717, 1.165) is 4.90 Å². The number of hydrogen-bond donors (Lipinski definition) is 1. The zero-order chi connectivity index (χ0) is 10.8. The number of carbonyl (C=O) groups excluding carboxylic acids is 1. The van der Waals surface area contributed by atoms with Crippen LogP contribution in [0.2, 0.25) is 0 Å². The molecule has 0 aliphatic rings. The minimum atomic E-state index is -4.31. The second-order valence-electron chi connectivity index (χ2n) is 2.59. The highest BCUT2D eigenvalue weighted by atomic mass is 32.2. The third kappa shape index (κ3) is 2.09. The second-order valence-corrected chi connectivity index (χ2v) is 3.98. The van der Waals surface area contributed by atoms with Gasteiger partial charge >= 0.3 is 6.41 Å². The van der Waals surface area contributed by atoms with E-state index in [1.165, 1.54) is 31.7 Å². The fourth-order valence-corrected chi connectivity index (χ4v) is 1.72. The van der Waals surface area contributed by atoms with Gasteiger partial charge in [-0.15, -0.1) is 0 Å². The van der Waals surface area contributed by atoms with Crippen LogP contribution in [0.3, 0.4) is 0 Å². The summed E-state index contributed by atoms with van der Waals surface area (Å²) in [6.07, 6.45) is 1.50. The molecular weight excluding hydrogens is 206 g/mol. The lowest BCUT2D eigenvalue weighted by Crippen LogP contribution is -2.17. The third-order valence-corrected chi connectivity index (χ3v) is 2.54. The first-order valence-electron chi connectivity index (χ1n) is 3.65. The van der Waals surface area contributed by atoms with Gasteiger partial charge in [0.15, 0.2) is 0 Å². The first-order valence-corrected chi connectivity index (χ1v) is 5.09. The highest BCUT2D eigenvalue weighted by Crippen LogP contribution is 2.22. The number of hydrogen-bond acceptors (Lipinski definition) is 3.